The van der Waals surface area contributed by atoms with Gasteiger partial charge in [0.2, 0.25) is 0 Å². The normalized spacial score (nSPS) is 12.6. The smallest absolute Gasteiger partial charge is 0.416 e. The highest BCUT2D eigenvalue weighted by atomic mass is 19.4. The van der Waals surface area contributed by atoms with Crippen LogP contribution in [0.2, 0.25) is 0 Å². The molecule has 0 aliphatic rings. The van der Waals surface area contributed by atoms with E-state index in [9.17, 15) is 23.1 Å². The van der Waals surface area contributed by atoms with Gasteiger partial charge in [-0.05, 0) is 67.3 Å². The number of fused-ring (bicyclic) bond motifs is 1. The highest BCUT2D eigenvalue weighted by Crippen LogP contribution is 2.32. The lowest BCUT2D eigenvalue weighted by Gasteiger charge is -2.19. The molecule has 1 heterocycles. The van der Waals surface area contributed by atoms with Gasteiger partial charge in [0.15, 0.2) is 0 Å². The maximum Gasteiger partial charge on any atom is 0.416 e. The molecule has 0 saturated heterocycles. The first-order valence-corrected chi connectivity index (χ1v) is 11.6. The number of amides is 1. The quantitative estimate of drug-likeness (QED) is 0.281. The molecule has 0 aliphatic heterocycles. The van der Waals surface area contributed by atoms with E-state index in [2.05, 4.69) is 10.3 Å². The Hall–Kier alpha value is -3.78. The van der Waals surface area contributed by atoms with Crippen molar-refractivity contribution >= 4 is 16.8 Å². The van der Waals surface area contributed by atoms with Crippen LogP contribution in [-0.4, -0.2) is 34.8 Å². The summed E-state index contributed by atoms with van der Waals surface area (Å²) >= 11 is 0. The molecule has 0 spiro atoms. The number of hydrogen-bond donors (Lipinski definition) is 3. The number of para-hydroxylation sites is 1. The fourth-order valence-corrected chi connectivity index (χ4v) is 4.09. The number of aliphatic hydroxyl groups excluding tert-OH is 1. The number of halogens is 3. The number of rotatable bonds is 8. The van der Waals surface area contributed by atoms with Crippen molar-refractivity contribution in [2.75, 3.05) is 6.61 Å². The summed E-state index contributed by atoms with van der Waals surface area (Å²) in [5.74, 6) is -0.0970. The largest absolute Gasteiger partial charge is 0.490 e. The molecule has 0 aliphatic carbocycles. The van der Waals surface area contributed by atoms with Crippen LogP contribution in [0.15, 0.2) is 72.9 Å². The van der Waals surface area contributed by atoms with E-state index in [0.29, 0.717) is 23.3 Å². The topological polar surface area (TPSA) is 74.3 Å². The Balaban J connectivity index is 1.60. The van der Waals surface area contributed by atoms with Crippen LogP contribution in [0.3, 0.4) is 0 Å². The molecule has 0 unspecified atom stereocenters. The van der Waals surface area contributed by atoms with Crippen molar-refractivity contribution in [2.24, 2.45) is 0 Å². The maximum absolute atomic E-state index is 13.3. The van der Waals surface area contributed by atoms with Crippen molar-refractivity contribution in [1.29, 1.82) is 0 Å². The van der Waals surface area contributed by atoms with E-state index in [-0.39, 0.29) is 18.3 Å². The van der Waals surface area contributed by atoms with E-state index in [4.69, 9.17) is 4.74 Å². The number of nitrogens with one attached hydrogen (secondary N) is 2. The van der Waals surface area contributed by atoms with Crippen LogP contribution in [0, 0.1) is 0 Å². The summed E-state index contributed by atoms with van der Waals surface area (Å²) in [5, 5.41) is 13.9. The second-order valence-electron chi connectivity index (χ2n) is 8.87. The first-order chi connectivity index (χ1) is 17.2. The highest BCUT2D eigenvalue weighted by molar-refractivity contribution is 5.98. The molecule has 1 atom stereocenters. The molecule has 1 amide bonds. The van der Waals surface area contributed by atoms with Gasteiger partial charge in [-0.3, -0.25) is 4.79 Å². The van der Waals surface area contributed by atoms with Crippen LogP contribution in [-0.2, 0) is 12.6 Å². The third-order valence-electron chi connectivity index (χ3n) is 5.83. The molecule has 0 bridgehead atoms. The van der Waals surface area contributed by atoms with Gasteiger partial charge in [0.1, 0.15) is 5.75 Å². The molecule has 8 heteroatoms. The zero-order valence-corrected chi connectivity index (χ0v) is 19.9. The first-order valence-electron chi connectivity index (χ1n) is 11.6. The monoisotopic (exact) mass is 496 g/mol. The molecule has 0 radical (unpaired) electrons. The van der Waals surface area contributed by atoms with Crippen LogP contribution in [0.25, 0.3) is 22.0 Å². The summed E-state index contributed by atoms with van der Waals surface area (Å²) in [7, 11) is 0. The van der Waals surface area contributed by atoms with Gasteiger partial charge in [0, 0.05) is 17.1 Å². The van der Waals surface area contributed by atoms with E-state index >= 15 is 0 Å². The Morgan fingerprint density at radius 3 is 2.39 bits per heavy atom. The molecule has 0 fully saturated rings. The summed E-state index contributed by atoms with van der Waals surface area (Å²) in [6, 6.07) is 16.9. The Kier molecular flexibility index (Phi) is 7.35. The number of ether oxygens (including phenoxy) is 1. The van der Waals surface area contributed by atoms with E-state index < -0.39 is 23.7 Å². The molecule has 4 rings (SSSR count). The van der Waals surface area contributed by atoms with Gasteiger partial charge < -0.3 is 20.1 Å². The van der Waals surface area contributed by atoms with Crippen LogP contribution < -0.4 is 10.1 Å². The van der Waals surface area contributed by atoms with E-state index in [0.717, 1.165) is 28.6 Å². The summed E-state index contributed by atoms with van der Waals surface area (Å²) in [6.07, 6.45) is -2.36. The van der Waals surface area contributed by atoms with Gasteiger partial charge in [-0.1, -0.05) is 36.4 Å². The van der Waals surface area contributed by atoms with Gasteiger partial charge in [0.05, 0.1) is 29.9 Å². The van der Waals surface area contributed by atoms with Gasteiger partial charge in [-0.25, -0.2) is 0 Å². The Morgan fingerprint density at radius 1 is 1.03 bits per heavy atom. The highest BCUT2D eigenvalue weighted by Gasteiger charge is 2.30. The number of carbonyl (C=O) groups excluding carboxylic acids is 1. The number of H-pyrrole nitrogens is 1. The number of hydrogen-bond acceptors (Lipinski definition) is 3. The summed E-state index contributed by atoms with van der Waals surface area (Å²) in [6.45, 7) is 3.39. The van der Waals surface area contributed by atoms with Crippen molar-refractivity contribution in [3.63, 3.8) is 0 Å². The van der Waals surface area contributed by atoms with Gasteiger partial charge >= 0.3 is 6.18 Å². The molecular weight excluding hydrogens is 469 g/mol. The zero-order chi connectivity index (χ0) is 25.9. The van der Waals surface area contributed by atoms with Crippen molar-refractivity contribution in [1.82, 2.24) is 10.3 Å². The lowest BCUT2D eigenvalue weighted by atomic mass is 10.00. The minimum atomic E-state index is -4.43. The fraction of sp³-hybridized carbons (Fsp3) is 0.250. The third kappa shape index (κ3) is 5.71. The van der Waals surface area contributed by atoms with Gasteiger partial charge in [-0.2, -0.15) is 13.2 Å². The number of aromatic amines is 1. The standard InChI is InChI=1S/C28H27F3N2O3/c1-17(2)36-26-12-9-19(18-7-10-21(11-8-18)28(29,30)31)14-24(26)27(35)33-22(16-34)13-20-15-32-25-6-4-3-5-23(20)25/h3-12,14-15,17,22,32,34H,13,16H2,1-2H3,(H,33,35)/t22-/m1/s1. The van der Waals surface area contributed by atoms with Crippen molar-refractivity contribution in [2.45, 2.75) is 38.6 Å². The molecule has 36 heavy (non-hydrogen) atoms. The fourth-order valence-electron chi connectivity index (χ4n) is 4.09. The van der Waals surface area contributed by atoms with Crippen LogP contribution >= 0.6 is 0 Å². The van der Waals surface area contributed by atoms with Crippen LogP contribution in [0.5, 0.6) is 5.75 Å². The summed E-state index contributed by atoms with van der Waals surface area (Å²) < 4.78 is 44.7. The zero-order valence-electron chi connectivity index (χ0n) is 19.9. The van der Waals surface area contributed by atoms with E-state index in [1.807, 2.05) is 44.3 Å². The summed E-state index contributed by atoms with van der Waals surface area (Å²) in [4.78, 5) is 16.5. The second kappa shape index (κ2) is 10.5. The molecule has 4 aromatic rings. The molecule has 188 valence electrons. The molecular formula is C28H27F3N2O3. The van der Waals surface area contributed by atoms with E-state index in [1.165, 1.54) is 12.1 Å². The Morgan fingerprint density at radius 2 is 1.72 bits per heavy atom. The van der Waals surface area contributed by atoms with Gasteiger partial charge in [0.25, 0.3) is 5.91 Å². The third-order valence-corrected chi connectivity index (χ3v) is 5.83. The molecule has 3 aromatic carbocycles. The van der Waals surface area contributed by atoms with E-state index in [1.54, 1.807) is 18.2 Å². The average molecular weight is 497 g/mol. The number of aliphatic hydroxyl groups is 1. The molecule has 3 N–H and O–H groups in total. The first kappa shape index (κ1) is 25.3. The summed E-state index contributed by atoms with van der Waals surface area (Å²) in [5.41, 5.74) is 2.52. The predicted molar refractivity (Wildman–Crippen MR) is 133 cm³/mol. The number of benzene rings is 3. The molecule has 1 aromatic heterocycles. The predicted octanol–water partition coefficient (Wildman–Crippen LogP) is 5.97. The molecule has 5 nitrogen and oxygen atoms in total. The van der Waals surface area contributed by atoms with Crippen LogP contribution in [0.4, 0.5) is 13.2 Å². The SMILES string of the molecule is CC(C)Oc1ccc(-c2ccc(C(F)(F)F)cc2)cc1C(=O)N[C@@H](CO)Cc1c[nH]c2ccccc12. The lowest BCUT2D eigenvalue weighted by molar-refractivity contribution is -0.137. The van der Waals surface area contributed by atoms with Crippen molar-refractivity contribution in [3.8, 4) is 16.9 Å². The van der Waals surface area contributed by atoms with Gasteiger partial charge in [-0.15, -0.1) is 0 Å². The van der Waals surface area contributed by atoms with Crippen molar-refractivity contribution in [3.05, 3.63) is 89.6 Å². The minimum Gasteiger partial charge on any atom is -0.490 e. The number of aromatic nitrogens is 1. The Labute approximate surface area is 206 Å². The molecule has 0 saturated carbocycles. The number of alkyl halides is 3. The lowest BCUT2D eigenvalue weighted by Crippen LogP contribution is -2.39. The van der Waals surface area contributed by atoms with Crippen LogP contribution in [0.1, 0.15) is 35.3 Å². The number of carbonyl (C=O) groups is 1. The maximum atomic E-state index is 13.3. The Bertz CT molecular complexity index is 1340. The second-order valence-corrected chi connectivity index (χ2v) is 8.87. The average Bonchev–Trinajstić information content (AvgIpc) is 3.25. The minimum absolute atomic E-state index is 0.201. The van der Waals surface area contributed by atoms with Crippen molar-refractivity contribution < 1.29 is 27.8 Å².